The molecule has 1 amide bonds. The molecule has 0 aliphatic carbocycles. The first-order chi connectivity index (χ1) is 12.1. The topological polar surface area (TPSA) is 57.7 Å². The smallest absolute Gasteiger partial charge is 0.246 e. The van der Waals surface area contributed by atoms with E-state index >= 15 is 0 Å². The lowest BCUT2D eigenvalue weighted by Gasteiger charge is -2.31. The summed E-state index contributed by atoms with van der Waals surface area (Å²) in [7, 11) is -1.98. The number of halogens is 1. The van der Waals surface area contributed by atoms with Gasteiger partial charge in [-0.25, -0.2) is 8.42 Å². The zero-order valence-corrected chi connectivity index (χ0v) is 16.9. The van der Waals surface area contributed by atoms with Crippen molar-refractivity contribution in [2.45, 2.75) is 26.4 Å². The number of nitrogens with zero attached hydrogens (tertiary/aromatic N) is 2. The Morgan fingerprint density at radius 3 is 2.12 bits per heavy atom. The highest BCUT2D eigenvalue weighted by Gasteiger charge is 2.30. The van der Waals surface area contributed by atoms with E-state index in [9.17, 15) is 13.2 Å². The highest BCUT2D eigenvalue weighted by Crippen LogP contribution is 2.24. The van der Waals surface area contributed by atoms with Gasteiger partial charge in [-0.3, -0.25) is 9.10 Å². The molecule has 0 aliphatic rings. The van der Waals surface area contributed by atoms with E-state index in [2.05, 4.69) is 0 Å². The largest absolute Gasteiger partial charge is 0.340 e. The second kappa shape index (κ2) is 8.10. The van der Waals surface area contributed by atoms with Crippen molar-refractivity contribution in [1.82, 2.24) is 4.90 Å². The highest BCUT2D eigenvalue weighted by atomic mass is 35.5. The Morgan fingerprint density at radius 1 is 1.08 bits per heavy atom. The molecule has 26 heavy (non-hydrogen) atoms. The molecule has 2 aromatic carbocycles. The average molecular weight is 395 g/mol. The SMILES string of the molecule is Cc1ccc(CN(C)C(=O)C(C)N(c2ccc(Cl)cc2)S(C)(=O)=O)cc1. The van der Waals surface area contributed by atoms with E-state index in [0.29, 0.717) is 17.3 Å². The maximum Gasteiger partial charge on any atom is 0.246 e. The van der Waals surface area contributed by atoms with Crippen LogP contribution in [0, 0.1) is 6.92 Å². The Morgan fingerprint density at radius 2 is 1.62 bits per heavy atom. The summed E-state index contributed by atoms with van der Waals surface area (Å²) in [4.78, 5) is 14.4. The number of carbonyl (C=O) groups excluding carboxylic acids is 1. The summed E-state index contributed by atoms with van der Waals surface area (Å²) >= 11 is 5.88. The van der Waals surface area contributed by atoms with Gasteiger partial charge in [-0.2, -0.15) is 0 Å². The normalized spacial score (nSPS) is 12.5. The Labute approximate surface area is 160 Å². The second-order valence-electron chi connectivity index (χ2n) is 6.39. The van der Waals surface area contributed by atoms with Crippen LogP contribution < -0.4 is 4.31 Å². The van der Waals surface area contributed by atoms with Gasteiger partial charge in [0, 0.05) is 18.6 Å². The molecule has 0 aliphatic heterocycles. The first kappa shape index (κ1) is 20.3. The lowest BCUT2D eigenvalue weighted by atomic mass is 10.1. The van der Waals surface area contributed by atoms with Crippen LogP contribution in [0.5, 0.6) is 0 Å². The molecule has 0 saturated carbocycles. The molecule has 0 fully saturated rings. The molecule has 140 valence electrons. The number of benzene rings is 2. The van der Waals surface area contributed by atoms with Gasteiger partial charge in [0.2, 0.25) is 15.9 Å². The first-order valence-electron chi connectivity index (χ1n) is 8.15. The van der Waals surface area contributed by atoms with Crippen molar-refractivity contribution >= 4 is 33.2 Å². The predicted octanol–water partition coefficient (Wildman–Crippen LogP) is 3.46. The van der Waals surface area contributed by atoms with Crippen LogP contribution >= 0.6 is 11.6 Å². The summed E-state index contributed by atoms with van der Waals surface area (Å²) in [5.41, 5.74) is 2.53. The summed E-state index contributed by atoms with van der Waals surface area (Å²) < 4.78 is 25.7. The van der Waals surface area contributed by atoms with E-state index in [0.717, 1.165) is 21.7 Å². The molecule has 5 nitrogen and oxygen atoms in total. The molecule has 1 atom stereocenters. The molecular formula is C19H23ClN2O3S. The number of amides is 1. The summed E-state index contributed by atoms with van der Waals surface area (Å²) in [5, 5.41) is 0.498. The fourth-order valence-electron chi connectivity index (χ4n) is 2.75. The number of hydrogen-bond acceptors (Lipinski definition) is 3. The monoisotopic (exact) mass is 394 g/mol. The number of rotatable bonds is 6. The van der Waals surface area contributed by atoms with Crippen LogP contribution in [0.15, 0.2) is 48.5 Å². The Balaban J connectivity index is 2.23. The molecule has 0 spiro atoms. The predicted molar refractivity (Wildman–Crippen MR) is 106 cm³/mol. The number of sulfonamides is 1. The van der Waals surface area contributed by atoms with Gasteiger partial charge in [0.25, 0.3) is 0 Å². The van der Waals surface area contributed by atoms with Gasteiger partial charge in [-0.1, -0.05) is 41.4 Å². The molecule has 2 aromatic rings. The third kappa shape index (κ3) is 4.99. The first-order valence-corrected chi connectivity index (χ1v) is 10.4. The Kier molecular flexibility index (Phi) is 6.31. The van der Waals surface area contributed by atoms with Crippen LogP contribution in [0.25, 0.3) is 0 Å². The quantitative estimate of drug-likeness (QED) is 0.753. The number of likely N-dealkylation sites (N-methyl/N-ethyl adjacent to an activating group) is 1. The molecule has 0 saturated heterocycles. The molecule has 0 aromatic heterocycles. The van der Waals surface area contributed by atoms with E-state index in [4.69, 9.17) is 11.6 Å². The third-order valence-electron chi connectivity index (χ3n) is 4.06. The van der Waals surface area contributed by atoms with Gasteiger partial charge in [0.05, 0.1) is 11.9 Å². The van der Waals surface area contributed by atoms with E-state index in [1.54, 1.807) is 38.2 Å². The maximum atomic E-state index is 12.8. The summed E-state index contributed by atoms with van der Waals surface area (Å²) in [5.74, 6) is -0.286. The van der Waals surface area contributed by atoms with Crippen molar-refractivity contribution in [3.63, 3.8) is 0 Å². The second-order valence-corrected chi connectivity index (χ2v) is 8.69. The minimum atomic E-state index is -3.64. The van der Waals surface area contributed by atoms with Crippen molar-refractivity contribution in [3.05, 3.63) is 64.7 Å². The van der Waals surface area contributed by atoms with Gasteiger partial charge in [0.15, 0.2) is 0 Å². The highest BCUT2D eigenvalue weighted by molar-refractivity contribution is 7.92. The van der Waals surface area contributed by atoms with Crippen molar-refractivity contribution < 1.29 is 13.2 Å². The average Bonchev–Trinajstić information content (AvgIpc) is 2.57. The van der Waals surface area contributed by atoms with Crippen LogP contribution in [0.4, 0.5) is 5.69 Å². The molecular weight excluding hydrogens is 372 g/mol. The lowest BCUT2D eigenvalue weighted by molar-refractivity contribution is -0.131. The van der Waals surface area contributed by atoms with Crippen molar-refractivity contribution in [1.29, 1.82) is 0 Å². The van der Waals surface area contributed by atoms with E-state index in [1.165, 1.54) is 4.90 Å². The van der Waals surface area contributed by atoms with Gasteiger partial charge in [0.1, 0.15) is 6.04 Å². The van der Waals surface area contributed by atoms with E-state index < -0.39 is 16.1 Å². The molecule has 0 heterocycles. The number of hydrogen-bond donors (Lipinski definition) is 0. The minimum Gasteiger partial charge on any atom is -0.340 e. The van der Waals surface area contributed by atoms with Crippen molar-refractivity contribution in [2.24, 2.45) is 0 Å². The summed E-state index contributed by atoms with van der Waals surface area (Å²) in [6.45, 7) is 3.99. The van der Waals surface area contributed by atoms with Crippen LogP contribution in [0.2, 0.25) is 5.02 Å². The molecule has 1 unspecified atom stereocenters. The van der Waals surface area contributed by atoms with Crippen LogP contribution in [0.1, 0.15) is 18.1 Å². The van der Waals surface area contributed by atoms with Gasteiger partial charge >= 0.3 is 0 Å². The minimum absolute atomic E-state index is 0.286. The van der Waals surface area contributed by atoms with Crippen molar-refractivity contribution in [2.75, 3.05) is 17.6 Å². The van der Waals surface area contributed by atoms with Crippen molar-refractivity contribution in [3.8, 4) is 0 Å². The molecule has 2 rings (SSSR count). The molecule has 7 heteroatoms. The van der Waals surface area contributed by atoms with Gasteiger partial charge in [-0.05, 0) is 43.7 Å². The zero-order valence-electron chi connectivity index (χ0n) is 15.3. The Bertz CT molecular complexity index is 865. The third-order valence-corrected chi connectivity index (χ3v) is 5.56. The van der Waals surface area contributed by atoms with E-state index in [-0.39, 0.29) is 5.91 Å². The Hall–Kier alpha value is -2.05. The molecule has 0 bridgehead atoms. The van der Waals surface area contributed by atoms with Gasteiger partial charge in [-0.15, -0.1) is 0 Å². The van der Waals surface area contributed by atoms with Crippen LogP contribution in [-0.2, 0) is 21.4 Å². The summed E-state index contributed by atoms with van der Waals surface area (Å²) in [6.07, 6.45) is 1.09. The number of carbonyl (C=O) groups is 1. The van der Waals surface area contributed by atoms with Crippen LogP contribution in [0.3, 0.4) is 0 Å². The van der Waals surface area contributed by atoms with E-state index in [1.807, 2.05) is 31.2 Å². The fourth-order valence-corrected chi connectivity index (χ4v) is 4.05. The molecule has 0 N–H and O–H groups in total. The zero-order chi connectivity index (χ0) is 19.5. The number of anilines is 1. The molecule has 0 radical (unpaired) electrons. The maximum absolute atomic E-state index is 12.8. The summed E-state index contributed by atoms with van der Waals surface area (Å²) in [6, 6.07) is 13.4. The lowest BCUT2D eigenvalue weighted by Crippen LogP contribution is -2.48. The number of aryl methyl sites for hydroxylation is 1. The fraction of sp³-hybridized carbons (Fsp3) is 0.316. The van der Waals surface area contributed by atoms with Crippen LogP contribution in [-0.4, -0.2) is 38.6 Å². The van der Waals surface area contributed by atoms with Gasteiger partial charge < -0.3 is 4.90 Å². The standard InChI is InChI=1S/C19H23ClN2O3S/c1-14-5-7-16(8-6-14)13-21(3)19(23)15(2)22(26(4,24)25)18-11-9-17(20)10-12-18/h5-12,15H,13H2,1-4H3.